The molecule has 5 rings (SSSR count). The number of halogens is 1. The molecule has 0 fully saturated rings. The second kappa shape index (κ2) is 10.9. The average Bonchev–Trinajstić information content (AvgIpc) is 3.28. The number of anilines is 2. The minimum Gasteiger partial charge on any atom is -0.449 e. The van der Waals surface area contributed by atoms with Crippen LogP contribution in [0.3, 0.4) is 0 Å². The van der Waals surface area contributed by atoms with Crippen LogP contribution in [0.5, 0.6) is 0 Å². The molecule has 0 saturated carbocycles. The molecule has 2 aromatic heterocycles. The molecular weight excluding hydrogens is 508 g/mol. The van der Waals surface area contributed by atoms with Gasteiger partial charge in [0.2, 0.25) is 5.76 Å². The number of carbonyl (C=O) groups excluding carboxylic acids is 2. The van der Waals surface area contributed by atoms with Crippen molar-refractivity contribution in [3.8, 4) is 0 Å². The molecule has 184 valence electrons. The molecule has 0 unspecified atom stereocenters. The fourth-order valence-corrected chi connectivity index (χ4v) is 4.77. The second-order valence-corrected chi connectivity index (χ2v) is 9.49. The number of furan rings is 1. The van der Waals surface area contributed by atoms with Crippen LogP contribution in [0, 0.1) is 6.92 Å². The Bertz CT molecular complexity index is 1600. The number of aromatic nitrogens is 2. The third-order valence-electron chi connectivity index (χ3n) is 5.63. The topological polar surface area (TPSA) is 97.1 Å². The van der Waals surface area contributed by atoms with Crippen molar-refractivity contribution in [2.75, 3.05) is 10.6 Å². The number of amides is 2. The molecule has 0 spiro atoms. The second-order valence-electron chi connectivity index (χ2n) is 8.14. The average molecular weight is 529 g/mol. The van der Waals surface area contributed by atoms with Gasteiger partial charge in [0.1, 0.15) is 11.3 Å². The van der Waals surface area contributed by atoms with E-state index in [1.54, 1.807) is 36.4 Å². The largest absolute Gasteiger partial charge is 0.449 e. The summed E-state index contributed by atoms with van der Waals surface area (Å²) in [6.45, 7) is 2.04. The number of hydrogen-bond donors (Lipinski definition) is 2. The summed E-state index contributed by atoms with van der Waals surface area (Å²) < 4.78 is 5.83. The highest BCUT2D eigenvalue weighted by Gasteiger charge is 2.24. The lowest BCUT2D eigenvalue weighted by molar-refractivity contribution is 0.0999. The lowest BCUT2D eigenvalue weighted by atomic mass is 10.1. The summed E-state index contributed by atoms with van der Waals surface area (Å²) in [5.41, 5.74) is 3.60. The number of nitrogens with zero attached hydrogens (tertiary/aromatic N) is 2. The van der Waals surface area contributed by atoms with Gasteiger partial charge in [-0.2, -0.15) is 0 Å². The van der Waals surface area contributed by atoms with E-state index in [1.165, 1.54) is 18.0 Å². The molecule has 7 nitrogen and oxygen atoms in total. The lowest BCUT2D eigenvalue weighted by Gasteiger charge is -2.09. The van der Waals surface area contributed by atoms with Crippen molar-refractivity contribution in [3.05, 3.63) is 113 Å². The highest BCUT2D eigenvalue weighted by molar-refractivity contribution is 7.98. The van der Waals surface area contributed by atoms with Gasteiger partial charge < -0.3 is 15.1 Å². The van der Waals surface area contributed by atoms with Crippen molar-refractivity contribution < 1.29 is 14.0 Å². The molecular formula is C28H21ClN4O3S. The Morgan fingerprint density at radius 3 is 2.46 bits per heavy atom. The molecule has 2 amide bonds. The SMILES string of the molecule is Cc1ccccc1CSc1ncc(Cl)c(C(=O)Nc2c(C(=O)Nc3ccccc3)oc3ccccc23)n1. The summed E-state index contributed by atoms with van der Waals surface area (Å²) in [4.78, 5) is 35.1. The van der Waals surface area contributed by atoms with Crippen molar-refractivity contribution in [1.82, 2.24) is 9.97 Å². The molecule has 2 heterocycles. The van der Waals surface area contributed by atoms with Crippen molar-refractivity contribution in [2.24, 2.45) is 0 Å². The van der Waals surface area contributed by atoms with Crippen molar-refractivity contribution in [2.45, 2.75) is 17.8 Å². The van der Waals surface area contributed by atoms with E-state index in [9.17, 15) is 9.59 Å². The van der Waals surface area contributed by atoms with Crippen molar-refractivity contribution in [1.29, 1.82) is 0 Å². The minimum absolute atomic E-state index is 0.00338. The van der Waals surface area contributed by atoms with Gasteiger partial charge in [0, 0.05) is 16.8 Å². The first-order valence-electron chi connectivity index (χ1n) is 11.4. The van der Waals surface area contributed by atoms with Crippen LogP contribution in [-0.2, 0) is 5.75 Å². The van der Waals surface area contributed by atoms with Gasteiger partial charge in [0.25, 0.3) is 11.8 Å². The first kappa shape index (κ1) is 24.5. The van der Waals surface area contributed by atoms with Crippen molar-refractivity contribution >= 4 is 57.5 Å². The first-order chi connectivity index (χ1) is 18.0. The number of fused-ring (bicyclic) bond motifs is 1. The van der Waals surface area contributed by atoms with Crippen LogP contribution in [0.2, 0.25) is 5.02 Å². The summed E-state index contributed by atoms with van der Waals surface area (Å²) in [5.74, 6) is -0.463. The molecule has 0 bridgehead atoms. The zero-order chi connectivity index (χ0) is 25.8. The Balaban J connectivity index is 1.41. The van der Waals surface area contributed by atoms with E-state index in [0.717, 1.165) is 11.1 Å². The zero-order valence-corrected chi connectivity index (χ0v) is 21.3. The van der Waals surface area contributed by atoms with E-state index in [1.807, 2.05) is 49.4 Å². The molecule has 9 heteroatoms. The van der Waals surface area contributed by atoms with Crippen LogP contribution in [0.4, 0.5) is 11.4 Å². The fraction of sp³-hybridized carbons (Fsp3) is 0.0714. The van der Waals surface area contributed by atoms with Crippen LogP contribution in [0.25, 0.3) is 11.0 Å². The molecule has 0 saturated heterocycles. The molecule has 3 aromatic carbocycles. The van der Waals surface area contributed by atoms with Gasteiger partial charge in [-0.3, -0.25) is 9.59 Å². The molecule has 0 radical (unpaired) electrons. The monoisotopic (exact) mass is 528 g/mol. The number of carbonyl (C=O) groups is 2. The van der Waals surface area contributed by atoms with Gasteiger partial charge in [-0.25, -0.2) is 9.97 Å². The summed E-state index contributed by atoms with van der Waals surface area (Å²) in [7, 11) is 0. The molecule has 2 N–H and O–H groups in total. The predicted molar refractivity (Wildman–Crippen MR) is 146 cm³/mol. The maximum atomic E-state index is 13.3. The molecule has 0 aliphatic rings. The Labute approximate surface area is 222 Å². The number of benzene rings is 3. The van der Waals surface area contributed by atoms with Gasteiger partial charge >= 0.3 is 0 Å². The van der Waals surface area contributed by atoms with Crippen LogP contribution in [-0.4, -0.2) is 21.8 Å². The number of hydrogen-bond acceptors (Lipinski definition) is 6. The van der Waals surface area contributed by atoms with E-state index in [-0.39, 0.29) is 22.2 Å². The number of aryl methyl sites for hydroxylation is 1. The van der Waals surface area contributed by atoms with Crippen LogP contribution in [0.15, 0.2) is 94.6 Å². The van der Waals surface area contributed by atoms with Crippen LogP contribution < -0.4 is 10.6 Å². The minimum atomic E-state index is -0.578. The molecule has 0 aliphatic heterocycles. The van der Waals surface area contributed by atoms with Crippen LogP contribution >= 0.6 is 23.4 Å². The third-order valence-corrected chi connectivity index (χ3v) is 6.81. The maximum Gasteiger partial charge on any atom is 0.293 e. The van der Waals surface area contributed by atoms with Gasteiger partial charge in [-0.15, -0.1) is 0 Å². The van der Waals surface area contributed by atoms with Gasteiger partial charge in [0.15, 0.2) is 10.9 Å². The van der Waals surface area contributed by atoms with E-state index in [0.29, 0.717) is 27.6 Å². The van der Waals surface area contributed by atoms with E-state index < -0.39 is 11.8 Å². The Kier molecular flexibility index (Phi) is 7.20. The van der Waals surface area contributed by atoms with Gasteiger partial charge in [-0.05, 0) is 42.3 Å². The maximum absolute atomic E-state index is 13.3. The molecule has 5 aromatic rings. The van der Waals surface area contributed by atoms with Crippen molar-refractivity contribution in [3.63, 3.8) is 0 Å². The Hall–Kier alpha value is -4.14. The Morgan fingerprint density at radius 2 is 1.65 bits per heavy atom. The van der Waals surface area contributed by atoms with Gasteiger partial charge in [-0.1, -0.05) is 78.0 Å². The molecule has 37 heavy (non-hydrogen) atoms. The highest BCUT2D eigenvalue weighted by Crippen LogP contribution is 2.32. The smallest absolute Gasteiger partial charge is 0.293 e. The standard InChI is InChI=1S/C28H21ClN4O3S/c1-17-9-5-6-10-18(17)16-37-28-30-15-21(29)24(33-28)26(34)32-23-20-13-7-8-14-22(20)36-25(23)27(35)31-19-11-3-2-4-12-19/h2-15H,16H2,1H3,(H,31,35)(H,32,34). The van der Waals surface area contributed by atoms with Crippen LogP contribution in [0.1, 0.15) is 32.2 Å². The number of nitrogens with one attached hydrogen (secondary N) is 2. The molecule has 0 aliphatic carbocycles. The summed E-state index contributed by atoms with van der Waals surface area (Å²) >= 11 is 7.71. The number of thioether (sulfide) groups is 1. The fourth-order valence-electron chi connectivity index (χ4n) is 3.71. The van der Waals surface area contributed by atoms with E-state index >= 15 is 0 Å². The normalized spacial score (nSPS) is 10.9. The number of rotatable bonds is 7. The Morgan fingerprint density at radius 1 is 0.919 bits per heavy atom. The quantitative estimate of drug-likeness (QED) is 0.175. The predicted octanol–water partition coefficient (Wildman–Crippen LogP) is 6.98. The first-order valence-corrected chi connectivity index (χ1v) is 12.7. The molecule has 0 atom stereocenters. The summed E-state index contributed by atoms with van der Waals surface area (Å²) in [6, 6.07) is 24.1. The van der Waals surface area contributed by atoms with Gasteiger partial charge in [0.05, 0.1) is 11.2 Å². The highest BCUT2D eigenvalue weighted by atomic mass is 35.5. The van der Waals surface area contributed by atoms with E-state index in [4.69, 9.17) is 16.0 Å². The number of para-hydroxylation sites is 2. The lowest BCUT2D eigenvalue weighted by Crippen LogP contribution is -2.18. The third kappa shape index (κ3) is 5.50. The van der Waals surface area contributed by atoms with E-state index in [2.05, 4.69) is 20.6 Å². The summed E-state index contributed by atoms with van der Waals surface area (Å²) in [5, 5.41) is 6.67. The summed E-state index contributed by atoms with van der Waals surface area (Å²) in [6.07, 6.45) is 1.40. The zero-order valence-electron chi connectivity index (χ0n) is 19.7.